The second-order valence-electron chi connectivity index (χ2n) is 8.50. The third kappa shape index (κ3) is 5.61. The molecule has 0 radical (unpaired) electrons. The molecule has 1 aliphatic rings. The molecule has 0 bridgehead atoms. The molecule has 0 saturated carbocycles. The monoisotopic (exact) mass is 446 g/mol. The van der Waals surface area contributed by atoms with Gasteiger partial charge in [0.15, 0.2) is 0 Å². The molecule has 0 atom stereocenters. The van der Waals surface area contributed by atoms with Crippen molar-refractivity contribution in [3.05, 3.63) is 60.2 Å². The van der Waals surface area contributed by atoms with E-state index in [1.165, 1.54) is 0 Å². The number of benzene rings is 2. The van der Waals surface area contributed by atoms with Gasteiger partial charge in [0.05, 0.1) is 0 Å². The maximum Gasteiger partial charge on any atom is 0.224 e. The fraction of sp³-hybridized carbons (Fsp3) is 0.346. The van der Waals surface area contributed by atoms with Gasteiger partial charge in [0.25, 0.3) is 0 Å². The summed E-state index contributed by atoms with van der Waals surface area (Å²) in [6, 6.07) is 16.9. The van der Waals surface area contributed by atoms with Gasteiger partial charge in [-0.15, -0.1) is 0 Å². The highest BCUT2D eigenvalue weighted by Gasteiger charge is 2.25. The molecule has 33 heavy (non-hydrogen) atoms. The first kappa shape index (κ1) is 22.6. The predicted octanol–water partition coefficient (Wildman–Crippen LogP) is 4.21. The average Bonchev–Trinajstić information content (AvgIpc) is 2.83. The van der Waals surface area contributed by atoms with Crippen LogP contribution in [0.1, 0.15) is 38.2 Å². The minimum absolute atomic E-state index is 0.00145. The van der Waals surface area contributed by atoms with Crippen LogP contribution < -0.4 is 15.5 Å². The highest BCUT2D eigenvalue weighted by Crippen LogP contribution is 2.28. The molecule has 1 aliphatic heterocycles. The molecule has 0 aliphatic carbocycles. The number of hydrogen-bond donors (Lipinski definition) is 3. The first-order valence-corrected chi connectivity index (χ1v) is 11.5. The average molecular weight is 447 g/mol. The van der Waals surface area contributed by atoms with Gasteiger partial charge < -0.3 is 20.6 Å². The summed E-state index contributed by atoms with van der Waals surface area (Å²) in [7, 11) is 0. The number of amides is 2. The number of para-hydroxylation sites is 1. The molecule has 172 valence electrons. The number of phenols is 1. The number of nitrogens with zero attached hydrogens (tertiary/aromatic N) is 2. The van der Waals surface area contributed by atoms with Crippen molar-refractivity contribution in [1.29, 1.82) is 0 Å². The first-order valence-electron chi connectivity index (χ1n) is 11.5. The van der Waals surface area contributed by atoms with Gasteiger partial charge in [0.2, 0.25) is 11.8 Å². The molecule has 1 fully saturated rings. The number of anilines is 2. The number of aromatic hydroxyl groups is 1. The van der Waals surface area contributed by atoms with Gasteiger partial charge >= 0.3 is 0 Å². The summed E-state index contributed by atoms with van der Waals surface area (Å²) in [6.07, 6.45) is 2.80. The van der Waals surface area contributed by atoms with Crippen LogP contribution in [0.2, 0.25) is 0 Å². The molecule has 7 nitrogen and oxygen atoms in total. The van der Waals surface area contributed by atoms with Crippen LogP contribution in [-0.4, -0.2) is 35.0 Å². The second kappa shape index (κ2) is 10.3. The van der Waals surface area contributed by atoms with Crippen molar-refractivity contribution in [2.24, 2.45) is 5.92 Å². The van der Waals surface area contributed by atoms with Crippen molar-refractivity contribution in [3.8, 4) is 5.75 Å². The van der Waals surface area contributed by atoms with Gasteiger partial charge in [-0.1, -0.05) is 31.2 Å². The Morgan fingerprint density at radius 3 is 2.67 bits per heavy atom. The van der Waals surface area contributed by atoms with Crippen molar-refractivity contribution in [2.45, 2.75) is 39.2 Å². The lowest BCUT2D eigenvalue weighted by atomic mass is 9.95. The first-order chi connectivity index (χ1) is 16.0. The number of nitrogens with one attached hydrogen (secondary N) is 2. The summed E-state index contributed by atoms with van der Waals surface area (Å²) in [5.41, 5.74) is 2.31. The van der Waals surface area contributed by atoms with E-state index in [4.69, 9.17) is 0 Å². The molecule has 4 rings (SSSR count). The van der Waals surface area contributed by atoms with Gasteiger partial charge in [0.1, 0.15) is 17.1 Å². The van der Waals surface area contributed by atoms with E-state index in [-0.39, 0.29) is 23.5 Å². The van der Waals surface area contributed by atoms with Crippen molar-refractivity contribution in [3.63, 3.8) is 0 Å². The Hall–Kier alpha value is -3.61. The van der Waals surface area contributed by atoms with Crippen molar-refractivity contribution in [2.75, 3.05) is 23.3 Å². The topological polar surface area (TPSA) is 94.6 Å². The van der Waals surface area contributed by atoms with Crippen LogP contribution in [0.25, 0.3) is 10.9 Å². The molecular weight excluding hydrogens is 416 g/mol. The van der Waals surface area contributed by atoms with Gasteiger partial charge in [-0.3, -0.25) is 9.59 Å². The van der Waals surface area contributed by atoms with Crippen LogP contribution >= 0.6 is 0 Å². The molecular formula is C26H30N4O3. The summed E-state index contributed by atoms with van der Waals surface area (Å²) in [6.45, 7) is 3.88. The normalized spacial score (nSPS) is 14.3. The van der Waals surface area contributed by atoms with Gasteiger partial charge in [-0.2, -0.15) is 0 Å². The van der Waals surface area contributed by atoms with Crippen molar-refractivity contribution in [1.82, 2.24) is 10.3 Å². The predicted molar refractivity (Wildman–Crippen MR) is 130 cm³/mol. The van der Waals surface area contributed by atoms with Crippen LogP contribution in [0.4, 0.5) is 11.5 Å². The summed E-state index contributed by atoms with van der Waals surface area (Å²) in [5.74, 6) is 1.02. The fourth-order valence-electron chi connectivity index (χ4n) is 4.21. The molecule has 1 saturated heterocycles. The van der Waals surface area contributed by atoms with E-state index in [1.807, 2.05) is 55.5 Å². The smallest absolute Gasteiger partial charge is 0.224 e. The largest absolute Gasteiger partial charge is 0.506 e. The van der Waals surface area contributed by atoms with Crippen LogP contribution in [0.15, 0.2) is 54.6 Å². The van der Waals surface area contributed by atoms with E-state index in [1.54, 1.807) is 6.07 Å². The number of piperidine rings is 1. The van der Waals surface area contributed by atoms with Crippen LogP contribution in [0.5, 0.6) is 5.75 Å². The number of aromatic nitrogens is 1. The zero-order valence-corrected chi connectivity index (χ0v) is 18.9. The number of carbonyl (C=O) groups is 2. The fourth-order valence-corrected chi connectivity index (χ4v) is 4.21. The van der Waals surface area contributed by atoms with Crippen LogP contribution in [0.3, 0.4) is 0 Å². The molecule has 2 amide bonds. The zero-order valence-electron chi connectivity index (χ0n) is 18.9. The number of fused-ring (bicyclic) bond motifs is 1. The van der Waals surface area contributed by atoms with E-state index in [2.05, 4.69) is 20.5 Å². The lowest BCUT2D eigenvalue weighted by Crippen LogP contribution is -2.40. The van der Waals surface area contributed by atoms with Gasteiger partial charge in [0, 0.05) is 43.0 Å². The Morgan fingerprint density at radius 1 is 1.09 bits per heavy atom. The Labute approximate surface area is 193 Å². The molecule has 3 aromatic rings. The van der Waals surface area contributed by atoms with E-state index in [9.17, 15) is 14.7 Å². The van der Waals surface area contributed by atoms with E-state index >= 15 is 0 Å². The van der Waals surface area contributed by atoms with Crippen LogP contribution in [0, 0.1) is 5.92 Å². The third-order valence-corrected chi connectivity index (χ3v) is 6.03. The summed E-state index contributed by atoms with van der Waals surface area (Å²) in [5, 5.41) is 16.9. The maximum atomic E-state index is 12.7. The summed E-state index contributed by atoms with van der Waals surface area (Å²) in [4.78, 5) is 31.3. The van der Waals surface area contributed by atoms with E-state index < -0.39 is 0 Å². The Kier molecular flexibility index (Phi) is 7.07. The molecule has 1 aromatic heterocycles. The van der Waals surface area contributed by atoms with Gasteiger partial charge in [-0.05, 0) is 55.2 Å². The van der Waals surface area contributed by atoms with Crippen LogP contribution in [-0.2, 0) is 16.1 Å². The number of pyridine rings is 1. The zero-order chi connectivity index (χ0) is 23.2. The lowest BCUT2D eigenvalue weighted by Gasteiger charge is -2.32. The third-order valence-electron chi connectivity index (χ3n) is 6.03. The molecule has 2 aromatic carbocycles. The SMILES string of the molecule is CCCC(=O)Nc1cccc(CNC(=O)C2CCN(c3ccc4cccc(O)c4n3)CC2)c1. The Balaban J connectivity index is 1.29. The van der Waals surface area contributed by atoms with Crippen molar-refractivity contribution >= 4 is 34.2 Å². The summed E-state index contributed by atoms with van der Waals surface area (Å²) < 4.78 is 0. The maximum absolute atomic E-state index is 12.7. The molecule has 2 heterocycles. The number of hydrogen-bond acceptors (Lipinski definition) is 5. The summed E-state index contributed by atoms with van der Waals surface area (Å²) >= 11 is 0. The quantitative estimate of drug-likeness (QED) is 0.505. The number of phenolic OH excluding ortho intramolecular Hbond substituents is 1. The van der Waals surface area contributed by atoms with Crippen molar-refractivity contribution < 1.29 is 14.7 Å². The van der Waals surface area contributed by atoms with Gasteiger partial charge in [-0.25, -0.2) is 4.98 Å². The highest BCUT2D eigenvalue weighted by atomic mass is 16.3. The number of carbonyl (C=O) groups excluding carboxylic acids is 2. The second-order valence-corrected chi connectivity index (χ2v) is 8.50. The minimum Gasteiger partial charge on any atom is -0.506 e. The molecule has 7 heteroatoms. The highest BCUT2D eigenvalue weighted by molar-refractivity contribution is 5.90. The van der Waals surface area contributed by atoms with E-state index in [0.717, 1.165) is 54.8 Å². The molecule has 0 spiro atoms. The number of rotatable bonds is 7. The van der Waals surface area contributed by atoms with E-state index in [0.29, 0.717) is 18.5 Å². The molecule has 3 N–H and O–H groups in total. The minimum atomic E-state index is -0.0393. The Bertz CT molecular complexity index is 1140. The molecule has 0 unspecified atom stereocenters. The standard InChI is InChI=1S/C26H30N4O3/c1-2-5-24(32)28-21-8-3-6-18(16-21)17-27-26(33)20-12-14-30(15-13-20)23-11-10-19-7-4-9-22(31)25(19)29-23/h3-4,6-11,16,20,31H,2,5,12-15,17H2,1H3,(H,27,33)(H,28,32). The lowest BCUT2D eigenvalue weighted by molar-refractivity contribution is -0.125. The Morgan fingerprint density at radius 2 is 1.88 bits per heavy atom.